The number of nitrogens with zero attached hydrogens (tertiary/aromatic N) is 3. The number of thioether (sulfide) groups is 1. The molecule has 2 heterocycles. The minimum atomic E-state index is 0.0498. The lowest BCUT2D eigenvalue weighted by atomic mass is 9.95. The highest BCUT2D eigenvalue weighted by atomic mass is 32.2. The lowest BCUT2D eigenvalue weighted by Crippen LogP contribution is -2.37. The highest BCUT2D eigenvalue weighted by Crippen LogP contribution is 2.27. The van der Waals surface area contributed by atoms with Crippen LogP contribution < -0.4 is 5.32 Å². The van der Waals surface area contributed by atoms with E-state index in [-0.39, 0.29) is 5.91 Å². The summed E-state index contributed by atoms with van der Waals surface area (Å²) in [4.78, 5) is 20.0. The first-order valence-electron chi connectivity index (χ1n) is 9.68. The SMILES string of the molecule is CC(C)c1ccc2[nH]c3nc(SCC(=O)NC4CCCCC4)nnc3c2c1. The van der Waals surface area contributed by atoms with Crippen LogP contribution in [0, 0.1) is 0 Å². The highest BCUT2D eigenvalue weighted by molar-refractivity contribution is 7.99. The van der Waals surface area contributed by atoms with Crippen LogP contribution in [0.1, 0.15) is 57.4 Å². The number of rotatable bonds is 5. The van der Waals surface area contributed by atoms with Crippen LogP contribution in [-0.4, -0.2) is 37.9 Å². The topological polar surface area (TPSA) is 83.6 Å². The standard InChI is InChI=1S/C20H25N5OS/c1-12(2)13-8-9-16-15(10-13)18-19(22-16)23-20(25-24-18)27-11-17(26)21-14-6-4-3-5-7-14/h8-10,12,14H,3-7,11H2,1-2H3,(H,21,26)(H,22,23,25). The molecule has 7 heteroatoms. The molecule has 1 aliphatic carbocycles. The smallest absolute Gasteiger partial charge is 0.230 e. The predicted octanol–water partition coefficient (Wildman–Crippen LogP) is 4.17. The summed E-state index contributed by atoms with van der Waals surface area (Å²) < 4.78 is 0. The molecule has 1 aromatic carbocycles. The molecule has 1 fully saturated rings. The predicted molar refractivity (Wildman–Crippen MR) is 109 cm³/mol. The number of carbonyl (C=O) groups is 1. The first kappa shape index (κ1) is 18.2. The maximum atomic E-state index is 12.2. The van der Waals surface area contributed by atoms with Gasteiger partial charge in [0.15, 0.2) is 5.65 Å². The maximum Gasteiger partial charge on any atom is 0.230 e. The Kier molecular flexibility index (Phi) is 5.29. The van der Waals surface area contributed by atoms with Crippen molar-refractivity contribution < 1.29 is 4.79 Å². The van der Waals surface area contributed by atoms with E-state index in [9.17, 15) is 4.79 Å². The number of fused-ring (bicyclic) bond motifs is 3. The fourth-order valence-electron chi connectivity index (χ4n) is 3.64. The van der Waals surface area contributed by atoms with Crippen molar-refractivity contribution in [3.8, 4) is 0 Å². The van der Waals surface area contributed by atoms with E-state index in [1.165, 1.54) is 36.6 Å². The molecule has 1 amide bonds. The van der Waals surface area contributed by atoms with Gasteiger partial charge in [0.05, 0.1) is 5.75 Å². The van der Waals surface area contributed by atoms with Gasteiger partial charge in [-0.15, -0.1) is 10.2 Å². The lowest BCUT2D eigenvalue weighted by molar-refractivity contribution is -0.119. The summed E-state index contributed by atoms with van der Waals surface area (Å²) in [6, 6.07) is 6.68. The van der Waals surface area contributed by atoms with Crippen molar-refractivity contribution in [2.45, 2.75) is 63.1 Å². The van der Waals surface area contributed by atoms with Crippen molar-refractivity contribution in [2.24, 2.45) is 0 Å². The number of nitrogens with one attached hydrogen (secondary N) is 2. The Morgan fingerprint density at radius 2 is 2.07 bits per heavy atom. The number of aromatic nitrogens is 4. The van der Waals surface area contributed by atoms with Crippen molar-refractivity contribution in [1.82, 2.24) is 25.5 Å². The van der Waals surface area contributed by atoms with Crippen LogP contribution in [0.25, 0.3) is 22.1 Å². The fraction of sp³-hybridized carbons (Fsp3) is 0.500. The molecule has 0 unspecified atom stereocenters. The van der Waals surface area contributed by atoms with Crippen molar-refractivity contribution >= 4 is 39.7 Å². The molecular formula is C20H25N5OS. The molecule has 0 spiro atoms. The van der Waals surface area contributed by atoms with Crippen molar-refractivity contribution in [3.63, 3.8) is 0 Å². The number of hydrogen-bond acceptors (Lipinski definition) is 5. The van der Waals surface area contributed by atoms with E-state index in [4.69, 9.17) is 0 Å². The molecule has 3 aromatic rings. The quantitative estimate of drug-likeness (QED) is 0.646. The third-order valence-electron chi connectivity index (χ3n) is 5.19. The zero-order valence-electron chi connectivity index (χ0n) is 15.8. The number of carbonyl (C=O) groups excluding carboxylic acids is 1. The highest BCUT2D eigenvalue weighted by Gasteiger charge is 2.16. The van der Waals surface area contributed by atoms with Crippen LogP contribution in [0.15, 0.2) is 23.4 Å². The van der Waals surface area contributed by atoms with Gasteiger partial charge in [0, 0.05) is 16.9 Å². The van der Waals surface area contributed by atoms with E-state index in [1.54, 1.807) is 0 Å². The molecule has 0 aliphatic heterocycles. The van der Waals surface area contributed by atoms with Crippen LogP contribution in [0.3, 0.4) is 0 Å². The Morgan fingerprint density at radius 1 is 1.26 bits per heavy atom. The molecule has 6 nitrogen and oxygen atoms in total. The van der Waals surface area contributed by atoms with Gasteiger partial charge in [-0.05, 0) is 36.5 Å². The normalized spacial score (nSPS) is 15.7. The monoisotopic (exact) mass is 383 g/mol. The van der Waals surface area contributed by atoms with Gasteiger partial charge >= 0.3 is 0 Å². The molecule has 0 atom stereocenters. The Hall–Kier alpha value is -2.15. The fourth-order valence-corrected chi connectivity index (χ4v) is 4.24. The van der Waals surface area contributed by atoms with E-state index in [0.717, 1.165) is 34.9 Å². The van der Waals surface area contributed by atoms with Gasteiger partial charge in [-0.25, -0.2) is 4.98 Å². The zero-order valence-corrected chi connectivity index (χ0v) is 16.6. The van der Waals surface area contributed by atoms with Gasteiger partial charge in [0.25, 0.3) is 0 Å². The van der Waals surface area contributed by atoms with Crippen molar-refractivity contribution in [2.75, 3.05) is 5.75 Å². The van der Waals surface area contributed by atoms with Gasteiger partial charge in [0.2, 0.25) is 11.1 Å². The Morgan fingerprint density at radius 3 is 2.85 bits per heavy atom. The minimum Gasteiger partial charge on any atom is -0.353 e. The Bertz CT molecular complexity index is 962. The second kappa shape index (κ2) is 7.84. The third kappa shape index (κ3) is 4.08. The molecular weight excluding hydrogens is 358 g/mol. The summed E-state index contributed by atoms with van der Waals surface area (Å²) in [6.07, 6.45) is 5.88. The first-order chi connectivity index (χ1) is 13.1. The van der Waals surface area contributed by atoms with E-state index in [2.05, 4.69) is 57.5 Å². The average molecular weight is 384 g/mol. The van der Waals surface area contributed by atoms with Gasteiger partial charge in [0.1, 0.15) is 5.52 Å². The van der Waals surface area contributed by atoms with E-state index in [0.29, 0.717) is 22.9 Å². The largest absolute Gasteiger partial charge is 0.353 e. The number of amides is 1. The summed E-state index contributed by atoms with van der Waals surface area (Å²) in [7, 11) is 0. The molecule has 2 aromatic heterocycles. The first-order valence-corrected chi connectivity index (χ1v) is 10.7. The van der Waals surface area contributed by atoms with E-state index < -0.39 is 0 Å². The number of benzene rings is 1. The van der Waals surface area contributed by atoms with Crippen molar-refractivity contribution in [3.05, 3.63) is 23.8 Å². The maximum absolute atomic E-state index is 12.2. The molecule has 142 valence electrons. The number of aromatic amines is 1. The molecule has 1 saturated carbocycles. The Balaban J connectivity index is 1.46. The lowest BCUT2D eigenvalue weighted by Gasteiger charge is -2.22. The summed E-state index contributed by atoms with van der Waals surface area (Å²) in [5.41, 5.74) is 3.77. The van der Waals surface area contributed by atoms with Crippen LogP contribution in [0.5, 0.6) is 0 Å². The van der Waals surface area contributed by atoms with Gasteiger partial charge in [-0.2, -0.15) is 0 Å². The van der Waals surface area contributed by atoms with E-state index in [1.807, 2.05) is 0 Å². The van der Waals surface area contributed by atoms with Crippen molar-refractivity contribution in [1.29, 1.82) is 0 Å². The summed E-state index contributed by atoms with van der Waals surface area (Å²) in [5.74, 6) is 0.827. The summed E-state index contributed by atoms with van der Waals surface area (Å²) >= 11 is 1.33. The van der Waals surface area contributed by atoms with Crippen LogP contribution >= 0.6 is 11.8 Å². The summed E-state index contributed by atoms with van der Waals surface area (Å²) in [5, 5.41) is 13.3. The molecule has 1 aliphatic rings. The molecule has 0 bridgehead atoms. The second-order valence-electron chi connectivity index (χ2n) is 7.57. The van der Waals surface area contributed by atoms with Gasteiger partial charge in [-0.3, -0.25) is 4.79 Å². The number of H-pyrrole nitrogens is 1. The van der Waals surface area contributed by atoms with Gasteiger partial charge < -0.3 is 10.3 Å². The van der Waals surface area contributed by atoms with Crippen LogP contribution in [0.2, 0.25) is 0 Å². The minimum absolute atomic E-state index is 0.0498. The second-order valence-corrected chi connectivity index (χ2v) is 8.51. The summed E-state index contributed by atoms with van der Waals surface area (Å²) in [6.45, 7) is 4.35. The number of hydrogen-bond donors (Lipinski definition) is 2. The molecule has 2 N–H and O–H groups in total. The molecule has 0 radical (unpaired) electrons. The zero-order chi connectivity index (χ0) is 18.8. The van der Waals surface area contributed by atoms with E-state index >= 15 is 0 Å². The molecule has 27 heavy (non-hydrogen) atoms. The van der Waals surface area contributed by atoms with Gasteiger partial charge in [-0.1, -0.05) is 50.9 Å². The Labute approximate surface area is 162 Å². The molecule has 4 rings (SSSR count). The molecule has 0 saturated heterocycles. The van der Waals surface area contributed by atoms with Crippen LogP contribution in [0.4, 0.5) is 0 Å². The average Bonchev–Trinajstić information content (AvgIpc) is 3.04. The third-order valence-corrected chi connectivity index (χ3v) is 6.03. The van der Waals surface area contributed by atoms with Crippen LogP contribution in [-0.2, 0) is 4.79 Å².